The van der Waals surface area contributed by atoms with Gasteiger partial charge in [-0.25, -0.2) is 0 Å². The number of hydrogen-bond acceptors (Lipinski definition) is 3. The molecule has 4 aliphatic carbocycles. The average molecular weight is 610 g/mol. The molecule has 2 aromatic carbocycles. The van der Waals surface area contributed by atoms with Crippen LogP contribution in [0.2, 0.25) is 18.6 Å². The minimum Gasteiger partial charge on any atom is -0.486 e. The zero-order valence-electron chi connectivity index (χ0n) is 28.4. The maximum absolute atomic E-state index is 6.17. The van der Waals surface area contributed by atoms with Gasteiger partial charge in [0.1, 0.15) is 21.4 Å². The molecule has 236 valence electrons. The largest absolute Gasteiger partial charge is 0.486 e. The van der Waals surface area contributed by atoms with Crippen molar-refractivity contribution in [1.29, 1.82) is 0 Å². The van der Waals surface area contributed by atoms with E-state index in [4.69, 9.17) is 9.47 Å². The van der Waals surface area contributed by atoms with E-state index in [9.17, 15) is 0 Å². The lowest BCUT2D eigenvalue weighted by Gasteiger charge is -2.55. The van der Waals surface area contributed by atoms with E-state index in [1.165, 1.54) is 60.8 Å². The molecule has 7 rings (SSSR count). The Bertz CT molecular complexity index is 1440. The van der Waals surface area contributed by atoms with Gasteiger partial charge in [-0.05, 0) is 116 Å². The number of benzene rings is 2. The fourth-order valence-corrected chi connectivity index (χ4v) is 16.3. The molecule has 4 atom stereocenters. The lowest BCUT2D eigenvalue weighted by molar-refractivity contribution is 0.140. The van der Waals surface area contributed by atoms with Crippen LogP contribution in [0.25, 0.3) is 5.57 Å². The molecule has 4 unspecified atom stereocenters. The monoisotopic (exact) mass is 609 g/mol. The minimum atomic E-state index is -1.90. The number of rotatable bonds is 6. The molecule has 3 nitrogen and oxygen atoms in total. The van der Waals surface area contributed by atoms with Crippen molar-refractivity contribution in [2.24, 2.45) is 11.8 Å². The van der Waals surface area contributed by atoms with E-state index in [1.807, 2.05) is 0 Å². The Morgan fingerprint density at radius 3 is 2.16 bits per heavy atom. The van der Waals surface area contributed by atoms with Crippen molar-refractivity contribution in [2.75, 3.05) is 13.2 Å². The Balaban J connectivity index is 1.38. The third-order valence-corrected chi connectivity index (χ3v) is 17.2. The molecule has 1 heterocycles. The summed E-state index contributed by atoms with van der Waals surface area (Å²) < 4.78 is 15.4. The van der Waals surface area contributed by atoms with Gasteiger partial charge in [0.15, 0.2) is 11.5 Å². The lowest BCUT2D eigenvalue weighted by atomic mass is 9.69. The average Bonchev–Trinajstić information content (AvgIpc) is 3.52. The van der Waals surface area contributed by atoms with Gasteiger partial charge in [0.2, 0.25) is 0 Å². The molecule has 5 aliphatic rings. The van der Waals surface area contributed by atoms with Crippen molar-refractivity contribution < 1.29 is 9.47 Å². The highest BCUT2D eigenvalue weighted by atomic mass is 28.3. The van der Waals surface area contributed by atoms with Crippen molar-refractivity contribution in [3.63, 3.8) is 0 Å². The maximum atomic E-state index is 6.17. The van der Waals surface area contributed by atoms with Crippen LogP contribution in [0.15, 0.2) is 60.2 Å². The van der Waals surface area contributed by atoms with Crippen LogP contribution >= 0.6 is 0 Å². The molecule has 0 amide bonds. The Labute approximate surface area is 268 Å². The maximum Gasteiger partial charge on any atom is 0.161 e. The first kappa shape index (κ1) is 30.4. The van der Waals surface area contributed by atoms with E-state index in [1.54, 1.807) is 5.57 Å². The summed E-state index contributed by atoms with van der Waals surface area (Å²) in [5.74, 6) is 3.51. The molecule has 0 aromatic heterocycles. The highest BCUT2D eigenvalue weighted by Gasteiger charge is 2.57. The zero-order chi connectivity index (χ0) is 30.9. The fraction of sp³-hybridized carbons (Fsp3) is 0.600. The van der Waals surface area contributed by atoms with Gasteiger partial charge in [0, 0.05) is 17.0 Å². The summed E-state index contributed by atoms with van der Waals surface area (Å²) in [7, 11) is -1.90. The smallest absolute Gasteiger partial charge is 0.161 e. The van der Waals surface area contributed by atoms with Gasteiger partial charge in [0.25, 0.3) is 0 Å². The van der Waals surface area contributed by atoms with Crippen molar-refractivity contribution in [3.8, 4) is 11.5 Å². The number of hydrogen-bond donors (Lipinski definition) is 0. The minimum absolute atomic E-state index is 0.0355. The first-order valence-corrected chi connectivity index (χ1v) is 20.9. The Hall–Kier alpha value is -2.30. The predicted molar refractivity (Wildman–Crippen MR) is 186 cm³/mol. The highest BCUT2D eigenvalue weighted by Crippen LogP contribution is 2.64. The third kappa shape index (κ3) is 4.68. The molecule has 4 heteroatoms. The lowest BCUT2D eigenvalue weighted by Crippen LogP contribution is -2.64. The topological polar surface area (TPSA) is 21.7 Å². The van der Waals surface area contributed by atoms with E-state index in [0.29, 0.717) is 36.5 Å². The van der Waals surface area contributed by atoms with E-state index in [-0.39, 0.29) is 11.0 Å². The van der Waals surface area contributed by atoms with E-state index < -0.39 is 8.24 Å². The molecular formula is C40H55NO2Si. The van der Waals surface area contributed by atoms with Crippen LogP contribution in [0.1, 0.15) is 109 Å². The predicted octanol–water partition coefficient (Wildman–Crippen LogP) is 10.3. The van der Waals surface area contributed by atoms with Crippen LogP contribution in [-0.4, -0.2) is 37.6 Å². The summed E-state index contributed by atoms with van der Waals surface area (Å²) >= 11 is 0. The zero-order valence-corrected chi connectivity index (χ0v) is 29.4. The number of fused-ring (bicyclic) bond motifs is 5. The van der Waals surface area contributed by atoms with Crippen molar-refractivity contribution in [3.05, 3.63) is 76.9 Å². The third-order valence-electron chi connectivity index (χ3n) is 12.5. The second-order valence-corrected chi connectivity index (χ2v) is 20.5. The van der Waals surface area contributed by atoms with E-state index in [0.717, 1.165) is 30.4 Å². The molecule has 2 saturated carbocycles. The molecule has 0 radical (unpaired) electrons. The molecule has 44 heavy (non-hydrogen) atoms. The first-order valence-electron chi connectivity index (χ1n) is 17.8. The summed E-state index contributed by atoms with van der Waals surface area (Å²) in [6.07, 6.45) is 16.1. The summed E-state index contributed by atoms with van der Waals surface area (Å²) in [5, 5.41) is 0. The molecule has 0 saturated heterocycles. The summed E-state index contributed by atoms with van der Waals surface area (Å²) in [4.78, 5) is 0. The fourth-order valence-electron chi connectivity index (χ4n) is 10.9. The normalized spacial score (nSPS) is 27.8. The molecule has 0 bridgehead atoms. The van der Waals surface area contributed by atoms with Crippen LogP contribution in [0.5, 0.6) is 11.5 Å². The second-order valence-electron chi connectivity index (χ2n) is 16.0. The Morgan fingerprint density at radius 2 is 1.52 bits per heavy atom. The summed E-state index contributed by atoms with van der Waals surface area (Å²) in [5.41, 5.74) is 8.41. The van der Waals surface area contributed by atoms with Crippen LogP contribution in [-0.2, 0) is 5.41 Å². The van der Waals surface area contributed by atoms with Gasteiger partial charge in [0.05, 0.1) is 0 Å². The van der Waals surface area contributed by atoms with Crippen LogP contribution in [0.3, 0.4) is 0 Å². The first-order chi connectivity index (χ1) is 21.1. The van der Waals surface area contributed by atoms with Gasteiger partial charge in [-0.3, -0.25) is 0 Å². The molecule has 2 aromatic rings. The number of allylic oxidation sites excluding steroid dienone is 4. The number of nitrogens with zero attached hydrogens (tertiary/aromatic N) is 1. The summed E-state index contributed by atoms with van der Waals surface area (Å²) in [6, 6.07) is 17.0. The summed E-state index contributed by atoms with van der Waals surface area (Å²) in [6.45, 7) is 19.1. The second kappa shape index (κ2) is 11.2. The molecule has 2 fully saturated rings. The van der Waals surface area contributed by atoms with E-state index in [2.05, 4.69) is 107 Å². The van der Waals surface area contributed by atoms with Gasteiger partial charge < -0.3 is 14.0 Å². The van der Waals surface area contributed by atoms with Gasteiger partial charge >= 0.3 is 0 Å². The van der Waals surface area contributed by atoms with Crippen molar-refractivity contribution in [1.82, 2.24) is 4.57 Å². The Morgan fingerprint density at radius 1 is 0.864 bits per heavy atom. The van der Waals surface area contributed by atoms with E-state index >= 15 is 0 Å². The van der Waals surface area contributed by atoms with Gasteiger partial charge in [-0.1, -0.05) is 88.7 Å². The quantitative estimate of drug-likeness (QED) is 0.304. The number of ether oxygens (including phenoxy) is 2. The Kier molecular flexibility index (Phi) is 7.72. The standard InChI is InChI=1S/C40H55NO2Si/c1-8-40(9-2)34-23-30-29(27-16-12-10-13-17-27)25-38(44(6,7)41(39(3,4)5)28-18-14-11-15-19-28)33(30)22-31(34)32-24-36-37(26-35(32)40)43-21-20-42-36/h10,12-13,16-17,22-24,26,28-30,33,38H,8-9,11,14-15,18-21,25H2,1-7H3. The van der Waals surface area contributed by atoms with Gasteiger partial charge in [-0.15, -0.1) is 0 Å². The van der Waals surface area contributed by atoms with Gasteiger partial charge in [-0.2, -0.15) is 0 Å². The highest BCUT2D eigenvalue weighted by molar-refractivity contribution is 6.76. The van der Waals surface area contributed by atoms with Crippen molar-refractivity contribution >= 4 is 13.8 Å². The van der Waals surface area contributed by atoms with Crippen LogP contribution < -0.4 is 9.47 Å². The SMILES string of the molecule is CCC1(CC)C2=CC3C(c4ccccc4)CC([Si](C)(C)N(C4CCCCC4)C(C)(C)C)C3C=C2c2cc3c(cc21)OCCO3. The molecule has 1 aliphatic heterocycles. The molecule has 0 spiro atoms. The molecular weight excluding hydrogens is 555 g/mol. The molecule has 0 N–H and O–H groups in total. The van der Waals surface area contributed by atoms with Crippen LogP contribution in [0, 0.1) is 11.8 Å². The van der Waals surface area contributed by atoms with Crippen molar-refractivity contribution in [2.45, 2.75) is 128 Å². The van der Waals surface area contributed by atoms with Crippen LogP contribution in [0.4, 0.5) is 0 Å².